The van der Waals surface area contributed by atoms with Crippen LogP contribution in [-0.2, 0) is 0 Å². The number of nitrogens with zero attached hydrogens (tertiary/aromatic N) is 1. The summed E-state index contributed by atoms with van der Waals surface area (Å²) < 4.78 is 1.21. The Labute approximate surface area is 165 Å². The van der Waals surface area contributed by atoms with Gasteiger partial charge in [-0.25, -0.2) is 0 Å². The number of fused-ring (bicyclic) bond motifs is 2. The maximum absolute atomic E-state index is 12.9. The molecule has 0 aliphatic rings. The fourth-order valence-corrected chi connectivity index (χ4v) is 5.87. The normalized spacial score (nSPS) is 11.3. The van der Waals surface area contributed by atoms with Gasteiger partial charge >= 0.3 is 165 Å². The number of pyridine rings is 2. The van der Waals surface area contributed by atoms with Crippen molar-refractivity contribution < 1.29 is 0 Å². The van der Waals surface area contributed by atoms with Gasteiger partial charge in [-0.2, -0.15) is 0 Å². The Bertz CT molecular complexity index is 1170. The molecule has 136 valence electrons. The van der Waals surface area contributed by atoms with E-state index in [4.69, 9.17) is 4.98 Å². The minimum atomic E-state index is -0.0604. The van der Waals surface area contributed by atoms with Gasteiger partial charge in [-0.3, -0.25) is 0 Å². The number of hydrogen-bond acceptors (Lipinski definition) is 2. The number of aromatic nitrogens is 2. The van der Waals surface area contributed by atoms with Crippen molar-refractivity contribution in [2.75, 3.05) is 0 Å². The topological polar surface area (TPSA) is 45.8 Å². The molecule has 0 aliphatic carbocycles. The van der Waals surface area contributed by atoms with Crippen molar-refractivity contribution in [2.45, 2.75) is 32.0 Å². The van der Waals surface area contributed by atoms with E-state index in [1.54, 1.807) is 0 Å². The van der Waals surface area contributed by atoms with Gasteiger partial charge in [0.15, 0.2) is 0 Å². The molecule has 3 nitrogen and oxygen atoms in total. The van der Waals surface area contributed by atoms with Crippen LogP contribution >= 0.6 is 0 Å². The molecule has 2 aromatic heterocycles. The van der Waals surface area contributed by atoms with Crippen molar-refractivity contribution in [3.63, 3.8) is 0 Å². The van der Waals surface area contributed by atoms with Gasteiger partial charge in [0.25, 0.3) is 0 Å². The van der Waals surface area contributed by atoms with Gasteiger partial charge in [0.05, 0.1) is 0 Å². The monoisotopic (exact) mass is 422 g/mol. The van der Waals surface area contributed by atoms with Crippen LogP contribution in [0.1, 0.15) is 25.3 Å². The molecule has 0 saturated carbocycles. The van der Waals surface area contributed by atoms with E-state index in [2.05, 4.69) is 49.2 Å². The Balaban J connectivity index is 2.02. The van der Waals surface area contributed by atoms with E-state index in [1.165, 1.54) is 22.9 Å². The zero-order valence-electron chi connectivity index (χ0n) is 15.6. The standard InChI is InChI=1S/C23H22N2OSe/c1-3-4-12-27-22-20(16-8-6-5-7-9-16)25-23(26)18-14-17-13-15(2)10-11-19(17)24-21(18)22/h5-11,13-14H,3-4,12H2,1-2H3,(H,25,26). The van der Waals surface area contributed by atoms with Crippen molar-refractivity contribution in [1.29, 1.82) is 0 Å². The Morgan fingerprint density at radius 3 is 2.67 bits per heavy atom. The zero-order chi connectivity index (χ0) is 18.8. The second-order valence-corrected chi connectivity index (χ2v) is 9.13. The first-order valence-corrected chi connectivity index (χ1v) is 11.4. The number of aromatic amines is 1. The Hall–Kier alpha value is -2.42. The summed E-state index contributed by atoms with van der Waals surface area (Å²) in [6, 6.07) is 18.4. The number of hydrogen-bond donors (Lipinski definition) is 1. The van der Waals surface area contributed by atoms with Gasteiger partial charge in [-0.05, 0) is 0 Å². The van der Waals surface area contributed by atoms with Gasteiger partial charge in [0, 0.05) is 0 Å². The van der Waals surface area contributed by atoms with Crippen molar-refractivity contribution in [1.82, 2.24) is 9.97 Å². The summed E-state index contributed by atoms with van der Waals surface area (Å²) in [7, 11) is 0. The van der Waals surface area contributed by atoms with Gasteiger partial charge in [0.2, 0.25) is 0 Å². The molecule has 0 saturated heterocycles. The molecule has 0 fully saturated rings. The average molecular weight is 421 g/mol. The molecule has 2 aromatic carbocycles. The first-order valence-electron chi connectivity index (χ1n) is 9.33. The molecule has 0 amide bonds. The van der Waals surface area contributed by atoms with E-state index < -0.39 is 0 Å². The summed E-state index contributed by atoms with van der Waals surface area (Å²) in [6.45, 7) is 4.28. The van der Waals surface area contributed by atoms with Crippen LogP contribution < -0.4 is 10.0 Å². The van der Waals surface area contributed by atoms with Crippen LogP contribution in [0.3, 0.4) is 0 Å². The second kappa shape index (κ2) is 7.67. The Kier molecular flexibility index (Phi) is 5.11. The van der Waals surface area contributed by atoms with Crippen molar-refractivity contribution in [3.05, 3.63) is 70.5 Å². The SMILES string of the molecule is CCCC[Se]c1c(-c2ccccc2)[nH]c(=O)c2cc3cc(C)ccc3nc12. The molecule has 4 aromatic rings. The molecule has 0 unspecified atom stereocenters. The van der Waals surface area contributed by atoms with Crippen LogP contribution in [0.2, 0.25) is 5.32 Å². The van der Waals surface area contributed by atoms with E-state index in [9.17, 15) is 4.79 Å². The van der Waals surface area contributed by atoms with Gasteiger partial charge < -0.3 is 0 Å². The summed E-state index contributed by atoms with van der Waals surface area (Å²) in [5, 5.41) is 2.87. The van der Waals surface area contributed by atoms with Crippen LogP contribution in [-0.4, -0.2) is 24.9 Å². The van der Waals surface area contributed by atoms with E-state index in [-0.39, 0.29) is 20.5 Å². The van der Waals surface area contributed by atoms with E-state index >= 15 is 0 Å². The second-order valence-electron chi connectivity index (χ2n) is 6.81. The van der Waals surface area contributed by atoms with Crippen molar-refractivity contribution in [3.8, 4) is 11.3 Å². The fourth-order valence-electron chi connectivity index (χ4n) is 3.27. The third-order valence-electron chi connectivity index (χ3n) is 4.70. The molecular weight excluding hydrogens is 399 g/mol. The van der Waals surface area contributed by atoms with Crippen molar-refractivity contribution in [2.24, 2.45) is 0 Å². The predicted molar refractivity (Wildman–Crippen MR) is 115 cm³/mol. The van der Waals surface area contributed by atoms with Gasteiger partial charge in [-0.15, -0.1) is 0 Å². The van der Waals surface area contributed by atoms with Crippen molar-refractivity contribution >= 4 is 41.2 Å². The predicted octanol–water partition coefficient (Wildman–Crippen LogP) is 4.60. The van der Waals surface area contributed by atoms with Crippen LogP contribution in [0.15, 0.2) is 59.4 Å². The van der Waals surface area contributed by atoms with Crippen LogP contribution in [0, 0.1) is 6.92 Å². The van der Waals surface area contributed by atoms with E-state index in [0.29, 0.717) is 5.39 Å². The molecular formula is C23H22N2OSe. The Morgan fingerprint density at radius 2 is 1.89 bits per heavy atom. The summed E-state index contributed by atoms with van der Waals surface area (Å²) in [5.74, 6) is 0. The van der Waals surface area contributed by atoms with Crippen LogP contribution in [0.4, 0.5) is 0 Å². The molecule has 0 atom stereocenters. The molecule has 0 bridgehead atoms. The molecule has 0 aliphatic heterocycles. The van der Waals surface area contributed by atoms with Crippen LogP contribution in [0.5, 0.6) is 0 Å². The number of rotatable bonds is 5. The number of unbranched alkanes of at least 4 members (excludes halogenated alkanes) is 1. The van der Waals surface area contributed by atoms with E-state index in [1.807, 2.05) is 24.3 Å². The number of benzene rings is 2. The minimum absolute atomic E-state index is 0.0604. The summed E-state index contributed by atoms with van der Waals surface area (Å²) in [6.07, 6.45) is 2.38. The number of aryl methyl sites for hydroxylation is 1. The average Bonchev–Trinajstić information content (AvgIpc) is 2.69. The molecule has 0 spiro atoms. The third kappa shape index (κ3) is 3.55. The maximum atomic E-state index is 12.9. The number of nitrogens with one attached hydrogen (secondary N) is 1. The van der Waals surface area contributed by atoms with Gasteiger partial charge in [-0.1, -0.05) is 0 Å². The molecule has 27 heavy (non-hydrogen) atoms. The van der Waals surface area contributed by atoms with Gasteiger partial charge in [0.1, 0.15) is 0 Å². The van der Waals surface area contributed by atoms with Crippen LogP contribution in [0.25, 0.3) is 33.1 Å². The van der Waals surface area contributed by atoms with E-state index in [0.717, 1.165) is 33.0 Å². The molecule has 2 heterocycles. The first-order chi connectivity index (χ1) is 13.2. The molecule has 1 N–H and O–H groups in total. The quantitative estimate of drug-likeness (QED) is 0.291. The third-order valence-corrected chi connectivity index (χ3v) is 7.18. The number of H-pyrrole nitrogens is 1. The molecule has 4 heteroatoms. The fraction of sp³-hybridized carbons (Fsp3) is 0.217. The molecule has 4 rings (SSSR count). The summed E-state index contributed by atoms with van der Waals surface area (Å²) in [4.78, 5) is 21.0. The molecule has 0 radical (unpaired) electrons. The Morgan fingerprint density at radius 1 is 1.07 bits per heavy atom. The summed E-state index contributed by atoms with van der Waals surface area (Å²) >= 11 is 0.259. The summed E-state index contributed by atoms with van der Waals surface area (Å²) in [5.41, 5.74) is 4.91. The zero-order valence-corrected chi connectivity index (χ0v) is 17.3. The first kappa shape index (κ1) is 18.0.